The monoisotopic (exact) mass is 230 g/mol. The van der Waals surface area contributed by atoms with Gasteiger partial charge in [0.2, 0.25) is 0 Å². The van der Waals surface area contributed by atoms with Gasteiger partial charge in [0.15, 0.2) is 5.06 Å². The second-order valence-electron chi connectivity index (χ2n) is 4.56. The summed E-state index contributed by atoms with van der Waals surface area (Å²) in [5, 5.41) is 1.11. The maximum Gasteiger partial charge on any atom is 0.173 e. The van der Waals surface area contributed by atoms with E-state index < -0.39 is 0 Å². The van der Waals surface area contributed by atoms with Crippen LogP contribution in [0.15, 0.2) is 12.1 Å². The molecule has 0 N–H and O–H groups in total. The minimum Gasteiger partial charge on any atom is -0.487 e. The van der Waals surface area contributed by atoms with E-state index in [1.165, 1.54) is 11.3 Å². The van der Waals surface area contributed by atoms with E-state index in [0.717, 1.165) is 5.06 Å². The number of hydrogen-bond donors (Lipinski definition) is 0. The first-order valence-electron chi connectivity index (χ1n) is 4.82. The molecule has 0 aromatic carbocycles. The zero-order valence-electron chi connectivity index (χ0n) is 8.71. The van der Waals surface area contributed by atoms with Crippen LogP contribution in [0.2, 0.25) is 0 Å². The van der Waals surface area contributed by atoms with Crippen molar-refractivity contribution in [1.29, 1.82) is 0 Å². The fraction of sp³-hybridized carbons (Fsp3) is 0.636. The summed E-state index contributed by atoms with van der Waals surface area (Å²) in [6.45, 7) is 4.55. The van der Waals surface area contributed by atoms with Crippen LogP contribution in [0.25, 0.3) is 0 Å². The lowest BCUT2D eigenvalue weighted by Crippen LogP contribution is -1.96. The Bertz CT molecular complexity index is 332. The van der Waals surface area contributed by atoms with Gasteiger partial charge in [0.25, 0.3) is 0 Å². The number of thiophene rings is 1. The van der Waals surface area contributed by atoms with E-state index in [4.69, 9.17) is 16.3 Å². The molecule has 14 heavy (non-hydrogen) atoms. The molecule has 1 aromatic heterocycles. The van der Waals surface area contributed by atoms with Crippen LogP contribution in [0, 0.1) is 11.3 Å². The Morgan fingerprint density at radius 1 is 1.57 bits per heavy atom. The van der Waals surface area contributed by atoms with Crippen molar-refractivity contribution >= 4 is 22.9 Å². The van der Waals surface area contributed by atoms with Crippen molar-refractivity contribution < 1.29 is 4.74 Å². The Kier molecular flexibility index (Phi) is 2.52. The number of ether oxygens (including phenoxy) is 1. The van der Waals surface area contributed by atoms with Gasteiger partial charge in [-0.05, 0) is 29.9 Å². The molecular formula is C11H15ClOS. The first kappa shape index (κ1) is 10.3. The number of methoxy groups -OCH3 is 1. The molecule has 2 atom stereocenters. The summed E-state index contributed by atoms with van der Waals surface area (Å²) < 4.78 is 5.16. The van der Waals surface area contributed by atoms with Gasteiger partial charge in [-0.3, -0.25) is 0 Å². The highest BCUT2D eigenvalue weighted by Gasteiger charge is 2.50. The Hall–Kier alpha value is -0.210. The van der Waals surface area contributed by atoms with Gasteiger partial charge in [0.05, 0.1) is 12.5 Å². The van der Waals surface area contributed by atoms with Crippen LogP contribution in [-0.4, -0.2) is 7.11 Å². The standard InChI is InChI=1S/C11H15ClOS/c1-11(2)6-7(11)10(12)8-4-5-9(13-3)14-8/h4-5,7,10H,6H2,1-3H3. The van der Waals surface area contributed by atoms with Crippen LogP contribution in [-0.2, 0) is 0 Å². The third-order valence-corrected chi connectivity index (χ3v) is 4.82. The molecule has 3 heteroatoms. The predicted octanol–water partition coefficient (Wildman–Crippen LogP) is 4.08. The van der Waals surface area contributed by atoms with Crippen molar-refractivity contribution in [3.8, 4) is 5.06 Å². The van der Waals surface area contributed by atoms with E-state index in [0.29, 0.717) is 11.3 Å². The second-order valence-corrected chi connectivity index (χ2v) is 6.11. The van der Waals surface area contributed by atoms with Crippen molar-refractivity contribution in [3.63, 3.8) is 0 Å². The third-order valence-electron chi connectivity index (χ3n) is 3.02. The summed E-state index contributed by atoms with van der Waals surface area (Å²) >= 11 is 8.07. The molecule has 1 aromatic rings. The average Bonchev–Trinajstić information content (AvgIpc) is 2.64. The highest BCUT2D eigenvalue weighted by atomic mass is 35.5. The molecule has 78 valence electrons. The highest BCUT2D eigenvalue weighted by Crippen LogP contribution is 2.60. The molecule has 1 aliphatic rings. The van der Waals surface area contributed by atoms with Crippen molar-refractivity contribution in [3.05, 3.63) is 17.0 Å². The van der Waals surface area contributed by atoms with Crippen LogP contribution in [0.4, 0.5) is 0 Å². The Morgan fingerprint density at radius 2 is 2.21 bits per heavy atom. The molecule has 1 heterocycles. The van der Waals surface area contributed by atoms with Crippen LogP contribution in [0.1, 0.15) is 30.5 Å². The highest BCUT2D eigenvalue weighted by molar-refractivity contribution is 7.14. The van der Waals surface area contributed by atoms with E-state index in [-0.39, 0.29) is 5.38 Å². The first-order chi connectivity index (χ1) is 6.54. The number of halogens is 1. The lowest BCUT2D eigenvalue weighted by molar-refractivity contribution is 0.427. The Morgan fingerprint density at radius 3 is 2.64 bits per heavy atom. The van der Waals surface area contributed by atoms with Gasteiger partial charge < -0.3 is 4.74 Å². The maximum absolute atomic E-state index is 6.41. The fourth-order valence-corrected chi connectivity index (χ4v) is 3.30. The average molecular weight is 231 g/mol. The second kappa shape index (κ2) is 3.42. The lowest BCUT2D eigenvalue weighted by Gasteiger charge is -2.08. The molecule has 0 saturated heterocycles. The zero-order valence-corrected chi connectivity index (χ0v) is 10.3. The summed E-state index contributed by atoms with van der Waals surface area (Å²) in [7, 11) is 1.69. The molecule has 0 bridgehead atoms. The van der Waals surface area contributed by atoms with Gasteiger partial charge in [-0.25, -0.2) is 0 Å². The summed E-state index contributed by atoms with van der Waals surface area (Å²) in [5.74, 6) is 0.632. The number of rotatable bonds is 3. The van der Waals surface area contributed by atoms with Gasteiger partial charge in [-0.2, -0.15) is 0 Å². The van der Waals surface area contributed by atoms with Crippen LogP contribution < -0.4 is 4.74 Å². The first-order valence-corrected chi connectivity index (χ1v) is 6.07. The fourth-order valence-electron chi connectivity index (χ4n) is 1.80. The van der Waals surface area contributed by atoms with Crippen LogP contribution >= 0.6 is 22.9 Å². The molecular weight excluding hydrogens is 216 g/mol. The van der Waals surface area contributed by atoms with E-state index in [9.17, 15) is 0 Å². The van der Waals surface area contributed by atoms with Crippen molar-refractivity contribution in [2.24, 2.45) is 11.3 Å². The number of hydrogen-bond acceptors (Lipinski definition) is 2. The minimum atomic E-state index is 0.166. The lowest BCUT2D eigenvalue weighted by atomic mass is 10.1. The van der Waals surface area contributed by atoms with Gasteiger partial charge in [0.1, 0.15) is 0 Å². The smallest absolute Gasteiger partial charge is 0.173 e. The molecule has 0 spiro atoms. The van der Waals surface area contributed by atoms with Gasteiger partial charge in [-0.15, -0.1) is 22.9 Å². The summed E-state index contributed by atoms with van der Waals surface area (Å²) in [6, 6.07) is 4.07. The van der Waals surface area contributed by atoms with Crippen LogP contribution in [0.3, 0.4) is 0 Å². The third kappa shape index (κ3) is 1.78. The summed E-state index contributed by atoms with van der Waals surface area (Å²) in [4.78, 5) is 1.24. The van der Waals surface area contributed by atoms with Crippen molar-refractivity contribution in [1.82, 2.24) is 0 Å². The quantitative estimate of drug-likeness (QED) is 0.711. The molecule has 0 aliphatic heterocycles. The van der Waals surface area contributed by atoms with Gasteiger partial charge in [0, 0.05) is 4.88 Å². The molecule has 1 fully saturated rings. The zero-order chi connectivity index (χ0) is 10.3. The van der Waals surface area contributed by atoms with E-state index >= 15 is 0 Å². The molecule has 2 rings (SSSR count). The van der Waals surface area contributed by atoms with E-state index in [2.05, 4.69) is 19.9 Å². The molecule has 1 aliphatic carbocycles. The largest absolute Gasteiger partial charge is 0.487 e. The van der Waals surface area contributed by atoms with Gasteiger partial charge >= 0.3 is 0 Å². The Labute approximate surface area is 94.0 Å². The number of alkyl halides is 1. The van der Waals surface area contributed by atoms with E-state index in [1.54, 1.807) is 18.4 Å². The van der Waals surface area contributed by atoms with E-state index in [1.807, 2.05) is 6.07 Å². The predicted molar refractivity (Wildman–Crippen MR) is 61.4 cm³/mol. The molecule has 2 unspecified atom stereocenters. The van der Waals surface area contributed by atoms with Crippen LogP contribution in [0.5, 0.6) is 5.06 Å². The molecule has 1 saturated carbocycles. The molecule has 0 amide bonds. The molecule has 0 radical (unpaired) electrons. The van der Waals surface area contributed by atoms with Gasteiger partial charge in [-0.1, -0.05) is 13.8 Å². The minimum absolute atomic E-state index is 0.166. The topological polar surface area (TPSA) is 9.23 Å². The Balaban J connectivity index is 2.08. The molecule has 1 nitrogen and oxygen atoms in total. The summed E-state index contributed by atoms with van der Waals surface area (Å²) in [6.07, 6.45) is 1.24. The van der Waals surface area contributed by atoms with Crippen molar-refractivity contribution in [2.45, 2.75) is 25.6 Å². The van der Waals surface area contributed by atoms with Crippen molar-refractivity contribution in [2.75, 3.05) is 7.11 Å². The SMILES string of the molecule is COc1ccc(C(Cl)C2CC2(C)C)s1. The summed E-state index contributed by atoms with van der Waals surface area (Å²) in [5.41, 5.74) is 0.434. The normalized spacial score (nSPS) is 25.9. The maximum atomic E-state index is 6.41.